The second-order valence-electron chi connectivity index (χ2n) is 8.88. The van der Waals surface area contributed by atoms with Gasteiger partial charge in [0.25, 0.3) is 0 Å². The van der Waals surface area contributed by atoms with Gasteiger partial charge in [-0.2, -0.15) is 0 Å². The second-order valence-corrected chi connectivity index (χ2v) is 8.88. The maximum atomic E-state index is 13.3. The minimum atomic E-state index is -1.000. The molecule has 0 aromatic heterocycles. The van der Waals surface area contributed by atoms with E-state index in [1.54, 1.807) is 18.0 Å². The third-order valence-corrected chi connectivity index (χ3v) is 5.52. The van der Waals surface area contributed by atoms with Crippen molar-refractivity contribution in [2.75, 3.05) is 20.6 Å². The zero-order valence-electron chi connectivity index (χ0n) is 18.4. The molecule has 2 N–H and O–H groups in total. The lowest BCUT2D eigenvalue weighted by Gasteiger charge is -2.38. The molecule has 1 saturated heterocycles. The number of nitrogens with one attached hydrogen (secondary N) is 1. The van der Waals surface area contributed by atoms with Gasteiger partial charge in [0.1, 0.15) is 6.04 Å². The summed E-state index contributed by atoms with van der Waals surface area (Å²) >= 11 is 0. The van der Waals surface area contributed by atoms with E-state index in [-0.39, 0.29) is 29.5 Å². The van der Waals surface area contributed by atoms with Crippen LogP contribution in [-0.2, 0) is 14.4 Å². The Morgan fingerprint density at radius 3 is 2.36 bits per heavy atom. The molecule has 1 rings (SSSR count). The van der Waals surface area contributed by atoms with Gasteiger partial charge in [0, 0.05) is 12.6 Å². The average molecular weight is 396 g/mol. The quantitative estimate of drug-likeness (QED) is 0.646. The molecular formula is C21H37N3O4. The Kier molecular flexibility index (Phi) is 8.67. The molecule has 2 amide bonds. The van der Waals surface area contributed by atoms with Crippen LogP contribution in [0.15, 0.2) is 11.6 Å². The molecule has 3 atom stereocenters. The largest absolute Gasteiger partial charge is 0.478 e. The number of hydrogen-bond acceptors (Lipinski definition) is 4. The first-order valence-electron chi connectivity index (χ1n) is 10.1. The normalized spacial score (nSPS) is 21.0. The van der Waals surface area contributed by atoms with E-state index in [0.717, 1.165) is 25.8 Å². The molecule has 0 spiro atoms. The molecule has 0 unspecified atom stereocenters. The summed E-state index contributed by atoms with van der Waals surface area (Å²) in [5, 5.41) is 12.1. The number of carbonyl (C=O) groups excluding carboxylic acids is 2. The lowest BCUT2D eigenvalue weighted by molar-refractivity contribution is -0.141. The number of carboxylic acids is 1. The van der Waals surface area contributed by atoms with Crippen LogP contribution < -0.4 is 5.32 Å². The van der Waals surface area contributed by atoms with Crippen molar-refractivity contribution in [3.8, 4) is 0 Å². The van der Waals surface area contributed by atoms with Crippen molar-refractivity contribution in [3.63, 3.8) is 0 Å². The van der Waals surface area contributed by atoms with Gasteiger partial charge in [0.2, 0.25) is 11.8 Å². The van der Waals surface area contributed by atoms with Crippen LogP contribution in [0.25, 0.3) is 0 Å². The lowest BCUT2D eigenvalue weighted by atomic mass is 9.85. The Bertz CT molecular complexity index is 609. The smallest absolute Gasteiger partial charge is 0.331 e. The van der Waals surface area contributed by atoms with E-state index in [0.29, 0.717) is 6.42 Å². The summed E-state index contributed by atoms with van der Waals surface area (Å²) < 4.78 is 0. The molecule has 160 valence electrons. The Labute approximate surface area is 169 Å². The Balaban J connectivity index is 3.02. The number of nitrogens with zero attached hydrogens (tertiary/aromatic N) is 2. The number of likely N-dealkylation sites (tertiary alicyclic amines) is 1. The highest BCUT2D eigenvalue weighted by molar-refractivity contribution is 5.91. The van der Waals surface area contributed by atoms with Gasteiger partial charge >= 0.3 is 5.97 Å². The van der Waals surface area contributed by atoms with E-state index >= 15 is 0 Å². The van der Waals surface area contributed by atoms with Gasteiger partial charge in [-0.25, -0.2) is 4.79 Å². The maximum absolute atomic E-state index is 13.3. The zero-order valence-corrected chi connectivity index (χ0v) is 18.4. The fourth-order valence-electron chi connectivity index (χ4n) is 3.52. The SMILES string of the molecule is CC[C@@H](/C=C(\C)C(=O)O)N(C)C(=O)[C@@H](NC(=O)[C@H]1CCCCN1C)C(C)(C)C. The molecule has 28 heavy (non-hydrogen) atoms. The summed E-state index contributed by atoms with van der Waals surface area (Å²) in [6.07, 6.45) is 5.06. The number of carbonyl (C=O) groups is 3. The van der Waals surface area contributed by atoms with E-state index in [2.05, 4.69) is 5.32 Å². The number of amides is 2. The molecule has 0 bridgehead atoms. The van der Waals surface area contributed by atoms with Gasteiger partial charge in [0.15, 0.2) is 0 Å². The van der Waals surface area contributed by atoms with Crippen LogP contribution in [0, 0.1) is 5.41 Å². The van der Waals surface area contributed by atoms with Crippen molar-refractivity contribution >= 4 is 17.8 Å². The highest BCUT2D eigenvalue weighted by atomic mass is 16.4. The summed E-state index contributed by atoms with van der Waals surface area (Å²) in [6, 6.07) is -1.25. The van der Waals surface area contributed by atoms with Crippen LogP contribution in [0.2, 0.25) is 0 Å². The van der Waals surface area contributed by atoms with E-state index < -0.39 is 17.4 Å². The van der Waals surface area contributed by atoms with Crippen molar-refractivity contribution in [3.05, 3.63) is 11.6 Å². The number of hydrogen-bond donors (Lipinski definition) is 2. The number of carboxylic acid groups (broad SMARTS) is 1. The monoisotopic (exact) mass is 395 g/mol. The van der Waals surface area contributed by atoms with Gasteiger partial charge in [-0.15, -0.1) is 0 Å². The Morgan fingerprint density at radius 2 is 1.89 bits per heavy atom. The van der Waals surface area contributed by atoms with Gasteiger partial charge in [-0.05, 0) is 45.2 Å². The minimum absolute atomic E-state index is 0.116. The molecule has 0 aromatic rings. The number of piperidine rings is 1. The number of likely N-dealkylation sites (N-methyl/N-ethyl adjacent to an activating group) is 2. The molecule has 0 saturated carbocycles. The van der Waals surface area contributed by atoms with Gasteiger partial charge in [-0.1, -0.05) is 40.2 Å². The lowest BCUT2D eigenvalue weighted by Crippen LogP contribution is -2.59. The number of aliphatic carboxylic acids is 1. The van der Waals surface area contributed by atoms with Crippen LogP contribution in [0.4, 0.5) is 0 Å². The first-order valence-corrected chi connectivity index (χ1v) is 10.1. The molecule has 1 aliphatic heterocycles. The van der Waals surface area contributed by atoms with Crippen molar-refractivity contribution < 1.29 is 19.5 Å². The molecule has 0 aromatic carbocycles. The summed E-state index contributed by atoms with van der Waals surface area (Å²) in [7, 11) is 3.61. The highest BCUT2D eigenvalue weighted by Gasteiger charge is 2.38. The third-order valence-electron chi connectivity index (χ3n) is 5.52. The van der Waals surface area contributed by atoms with Crippen molar-refractivity contribution in [1.82, 2.24) is 15.1 Å². The van der Waals surface area contributed by atoms with Gasteiger partial charge < -0.3 is 15.3 Å². The van der Waals surface area contributed by atoms with Crippen LogP contribution in [-0.4, -0.2) is 71.5 Å². The Morgan fingerprint density at radius 1 is 1.29 bits per heavy atom. The molecular weight excluding hydrogens is 358 g/mol. The van der Waals surface area contributed by atoms with E-state index in [1.807, 2.05) is 39.6 Å². The maximum Gasteiger partial charge on any atom is 0.331 e. The molecule has 1 heterocycles. The summed E-state index contributed by atoms with van der Waals surface area (Å²) in [5.41, 5.74) is -0.273. The fourth-order valence-corrected chi connectivity index (χ4v) is 3.52. The standard InChI is InChI=1S/C21H37N3O4/c1-8-15(13-14(2)20(27)28)24(7)19(26)17(21(3,4)5)22-18(25)16-11-9-10-12-23(16)6/h13,15-17H,8-12H2,1-7H3,(H,22,25)(H,27,28)/b14-13+/t15-,16+,17+/m0/s1. The third kappa shape index (κ3) is 6.33. The van der Waals surface area contributed by atoms with Crippen molar-refractivity contribution in [2.24, 2.45) is 5.41 Å². The molecule has 1 fully saturated rings. The molecule has 7 heteroatoms. The highest BCUT2D eigenvalue weighted by Crippen LogP contribution is 2.24. The average Bonchev–Trinajstić information content (AvgIpc) is 2.61. The number of rotatable bonds is 7. The minimum Gasteiger partial charge on any atom is -0.478 e. The second kappa shape index (κ2) is 10.0. The van der Waals surface area contributed by atoms with E-state index in [4.69, 9.17) is 5.11 Å². The first-order chi connectivity index (χ1) is 12.9. The van der Waals surface area contributed by atoms with Crippen LogP contribution in [0.5, 0.6) is 0 Å². The van der Waals surface area contributed by atoms with E-state index in [9.17, 15) is 14.4 Å². The molecule has 0 aliphatic carbocycles. The molecule has 7 nitrogen and oxygen atoms in total. The molecule has 0 radical (unpaired) electrons. The Hall–Kier alpha value is -1.89. The first kappa shape index (κ1) is 24.1. The van der Waals surface area contributed by atoms with Crippen LogP contribution in [0.3, 0.4) is 0 Å². The van der Waals surface area contributed by atoms with Crippen LogP contribution >= 0.6 is 0 Å². The van der Waals surface area contributed by atoms with Crippen molar-refractivity contribution in [2.45, 2.75) is 78.4 Å². The van der Waals surface area contributed by atoms with Gasteiger partial charge in [0.05, 0.1) is 12.1 Å². The predicted octanol–water partition coefficient (Wildman–Crippen LogP) is 2.27. The van der Waals surface area contributed by atoms with Crippen molar-refractivity contribution in [1.29, 1.82) is 0 Å². The van der Waals surface area contributed by atoms with Crippen LogP contribution in [0.1, 0.15) is 60.3 Å². The zero-order chi connectivity index (χ0) is 21.6. The topological polar surface area (TPSA) is 90.0 Å². The summed E-state index contributed by atoms with van der Waals surface area (Å²) in [4.78, 5) is 40.9. The molecule has 1 aliphatic rings. The van der Waals surface area contributed by atoms with Gasteiger partial charge in [-0.3, -0.25) is 14.5 Å². The predicted molar refractivity (Wildman–Crippen MR) is 110 cm³/mol. The fraction of sp³-hybridized carbons (Fsp3) is 0.762. The summed E-state index contributed by atoms with van der Waals surface area (Å²) in [6.45, 7) is 10.1. The van der Waals surface area contributed by atoms with E-state index in [1.165, 1.54) is 6.92 Å². The summed E-state index contributed by atoms with van der Waals surface area (Å²) in [5.74, 6) is -1.32.